The maximum atomic E-state index is 11.8. The van der Waals surface area contributed by atoms with Gasteiger partial charge in [0.25, 0.3) is 5.91 Å². The summed E-state index contributed by atoms with van der Waals surface area (Å²) in [5.41, 5.74) is 2.67. The predicted molar refractivity (Wildman–Crippen MR) is 95.1 cm³/mol. The van der Waals surface area contributed by atoms with Gasteiger partial charge in [-0.25, -0.2) is 4.79 Å². The van der Waals surface area contributed by atoms with E-state index in [4.69, 9.17) is 9.47 Å². The highest BCUT2D eigenvalue weighted by molar-refractivity contribution is 9.10. The van der Waals surface area contributed by atoms with Crippen LogP contribution >= 0.6 is 15.9 Å². The Balaban J connectivity index is 1.76. The van der Waals surface area contributed by atoms with Crippen LogP contribution in [0.4, 0.5) is 5.69 Å². The Morgan fingerprint density at radius 1 is 1.08 bits per heavy atom. The van der Waals surface area contributed by atoms with Gasteiger partial charge in [0.1, 0.15) is 5.75 Å². The minimum absolute atomic E-state index is 0.242. The molecule has 6 heteroatoms. The van der Waals surface area contributed by atoms with Gasteiger partial charge >= 0.3 is 5.97 Å². The molecule has 1 N–H and O–H groups in total. The van der Waals surface area contributed by atoms with E-state index in [0.717, 1.165) is 15.6 Å². The lowest BCUT2D eigenvalue weighted by atomic mass is 10.1. The van der Waals surface area contributed by atoms with Crippen molar-refractivity contribution in [3.8, 4) is 5.75 Å². The summed E-state index contributed by atoms with van der Waals surface area (Å²) in [6.45, 7) is 3.28. The molecule has 126 valence electrons. The molecule has 0 aliphatic carbocycles. The molecule has 1 amide bonds. The molecule has 2 rings (SSSR count). The first-order valence-electron chi connectivity index (χ1n) is 7.36. The lowest BCUT2D eigenvalue weighted by Gasteiger charge is -2.11. The molecular weight excluding hydrogens is 374 g/mol. The second-order valence-corrected chi connectivity index (χ2v) is 6.12. The third-order valence-corrected chi connectivity index (χ3v) is 3.87. The fraction of sp³-hybridized carbons (Fsp3) is 0.222. The highest BCUT2D eigenvalue weighted by atomic mass is 79.9. The number of rotatable bonds is 6. The second-order valence-electron chi connectivity index (χ2n) is 5.21. The van der Waals surface area contributed by atoms with E-state index in [9.17, 15) is 9.59 Å². The van der Waals surface area contributed by atoms with E-state index in [0.29, 0.717) is 11.4 Å². The largest absolute Gasteiger partial charge is 0.482 e. The highest BCUT2D eigenvalue weighted by Gasteiger charge is 2.10. The summed E-state index contributed by atoms with van der Waals surface area (Å²) in [6, 6.07) is 12.7. The van der Waals surface area contributed by atoms with Crippen molar-refractivity contribution in [2.24, 2.45) is 0 Å². The van der Waals surface area contributed by atoms with Gasteiger partial charge < -0.3 is 14.8 Å². The van der Waals surface area contributed by atoms with E-state index in [1.807, 2.05) is 32.0 Å². The second kappa shape index (κ2) is 8.49. The molecule has 0 radical (unpaired) electrons. The number of carbonyl (C=O) groups excluding carboxylic acids is 2. The van der Waals surface area contributed by atoms with E-state index >= 15 is 0 Å². The van der Waals surface area contributed by atoms with Crippen LogP contribution in [0.3, 0.4) is 0 Å². The van der Waals surface area contributed by atoms with Gasteiger partial charge in [0.2, 0.25) is 0 Å². The van der Waals surface area contributed by atoms with Crippen molar-refractivity contribution in [3.63, 3.8) is 0 Å². The van der Waals surface area contributed by atoms with Crippen LogP contribution in [0.15, 0.2) is 46.9 Å². The van der Waals surface area contributed by atoms with E-state index in [2.05, 4.69) is 21.2 Å². The zero-order valence-corrected chi connectivity index (χ0v) is 15.1. The van der Waals surface area contributed by atoms with Crippen LogP contribution in [0.25, 0.3) is 0 Å². The van der Waals surface area contributed by atoms with Crippen LogP contribution in [0.1, 0.15) is 11.1 Å². The van der Waals surface area contributed by atoms with Crippen molar-refractivity contribution < 1.29 is 19.1 Å². The van der Waals surface area contributed by atoms with Crippen LogP contribution in [-0.2, 0) is 14.3 Å². The van der Waals surface area contributed by atoms with E-state index in [-0.39, 0.29) is 13.2 Å². The zero-order chi connectivity index (χ0) is 17.5. The Morgan fingerprint density at radius 3 is 2.58 bits per heavy atom. The van der Waals surface area contributed by atoms with Gasteiger partial charge in [0, 0.05) is 10.2 Å². The van der Waals surface area contributed by atoms with Crippen LogP contribution < -0.4 is 10.1 Å². The first-order chi connectivity index (χ1) is 11.5. The summed E-state index contributed by atoms with van der Waals surface area (Å²) < 4.78 is 11.2. The number of benzene rings is 2. The summed E-state index contributed by atoms with van der Waals surface area (Å²) in [4.78, 5) is 23.4. The number of aryl methyl sites for hydroxylation is 1. The number of anilines is 1. The molecule has 0 heterocycles. The maximum Gasteiger partial charge on any atom is 0.344 e. The smallest absolute Gasteiger partial charge is 0.344 e. The fourth-order valence-corrected chi connectivity index (χ4v) is 2.37. The molecule has 0 unspecified atom stereocenters. The van der Waals surface area contributed by atoms with Crippen molar-refractivity contribution in [2.75, 3.05) is 18.5 Å². The molecule has 0 bridgehead atoms. The Morgan fingerprint density at radius 2 is 1.83 bits per heavy atom. The zero-order valence-electron chi connectivity index (χ0n) is 13.5. The number of carbonyl (C=O) groups is 2. The molecule has 2 aromatic carbocycles. The van der Waals surface area contributed by atoms with E-state index in [1.165, 1.54) is 0 Å². The van der Waals surface area contributed by atoms with Crippen LogP contribution in [0.2, 0.25) is 0 Å². The first-order valence-corrected chi connectivity index (χ1v) is 8.15. The van der Waals surface area contributed by atoms with Crippen molar-refractivity contribution >= 4 is 33.5 Å². The Bertz CT molecular complexity index is 746. The van der Waals surface area contributed by atoms with E-state index in [1.54, 1.807) is 24.3 Å². The van der Waals surface area contributed by atoms with Gasteiger partial charge in [-0.05, 0) is 49.2 Å². The normalized spacial score (nSPS) is 10.1. The number of esters is 1. The summed E-state index contributed by atoms with van der Waals surface area (Å²) in [5.74, 6) is -0.376. The number of halogens is 1. The summed E-state index contributed by atoms with van der Waals surface area (Å²) in [6.07, 6.45) is 0. The van der Waals surface area contributed by atoms with Crippen molar-refractivity contribution in [3.05, 3.63) is 58.1 Å². The molecular formula is C18H18BrNO4. The average Bonchev–Trinajstić information content (AvgIpc) is 2.54. The lowest BCUT2D eigenvalue weighted by Crippen LogP contribution is -2.23. The molecule has 0 aromatic heterocycles. The molecule has 0 aliphatic heterocycles. The van der Waals surface area contributed by atoms with Crippen molar-refractivity contribution in [1.29, 1.82) is 0 Å². The van der Waals surface area contributed by atoms with Crippen molar-refractivity contribution in [1.82, 2.24) is 0 Å². The van der Waals surface area contributed by atoms with Gasteiger partial charge in [0.05, 0.1) is 0 Å². The summed E-state index contributed by atoms with van der Waals surface area (Å²) >= 11 is 3.31. The SMILES string of the molecule is Cc1cccc(OCC(=O)OCC(=O)Nc2cccc(Br)c2)c1C. The van der Waals surface area contributed by atoms with Crippen molar-refractivity contribution in [2.45, 2.75) is 13.8 Å². The third kappa shape index (κ3) is 5.38. The molecule has 0 fully saturated rings. The number of hydrogen-bond acceptors (Lipinski definition) is 4. The molecule has 0 saturated heterocycles. The Labute approximate surface area is 149 Å². The quantitative estimate of drug-likeness (QED) is 0.763. The molecule has 5 nitrogen and oxygen atoms in total. The Hall–Kier alpha value is -2.34. The van der Waals surface area contributed by atoms with Gasteiger partial charge in [0.15, 0.2) is 13.2 Å². The number of hydrogen-bond donors (Lipinski definition) is 1. The van der Waals surface area contributed by atoms with Gasteiger partial charge in [-0.15, -0.1) is 0 Å². The molecule has 0 aliphatic rings. The topological polar surface area (TPSA) is 64.6 Å². The van der Waals surface area contributed by atoms with Crippen LogP contribution in [0, 0.1) is 13.8 Å². The predicted octanol–water partition coefficient (Wildman–Crippen LogP) is 3.63. The van der Waals surface area contributed by atoms with Crippen LogP contribution in [-0.4, -0.2) is 25.1 Å². The first kappa shape index (κ1) is 18.0. The average molecular weight is 392 g/mol. The van der Waals surface area contributed by atoms with Crippen LogP contribution in [0.5, 0.6) is 5.75 Å². The third-order valence-electron chi connectivity index (χ3n) is 3.37. The standard InChI is InChI=1S/C18H18BrNO4/c1-12-5-3-8-16(13(12)2)23-11-18(22)24-10-17(21)20-15-7-4-6-14(19)9-15/h3-9H,10-11H2,1-2H3,(H,20,21). The minimum Gasteiger partial charge on any atom is -0.482 e. The number of nitrogens with one attached hydrogen (secondary N) is 1. The molecule has 2 aromatic rings. The lowest BCUT2D eigenvalue weighted by molar-refractivity contribution is -0.149. The van der Waals surface area contributed by atoms with Gasteiger partial charge in [-0.1, -0.05) is 34.1 Å². The summed E-state index contributed by atoms with van der Waals surface area (Å²) in [5, 5.41) is 2.64. The Kier molecular flexibility index (Phi) is 6.37. The minimum atomic E-state index is -0.597. The monoisotopic (exact) mass is 391 g/mol. The number of amides is 1. The van der Waals surface area contributed by atoms with Gasteiger partial charge in [-0.3, -0.25) is 4.79 Å². The molecule has 24 heavy (non-hydrogen) atoms. The molecule has 0 atom stereocenters. The van der Waals surface area contributed by atoms with Gasteiger partial charge in [-0.2, -0.15) is 0 Å². The van der Waals surface area contributed by atoms with E-state index < -0.39 is 11.9 Å². The maximum absolute atomic E-state index is 11.8. The fourth-order valence-electron chi connectivity index (χ4n) is 1.97. The summed E-state index contributed by atoms with van der Waals surface area (Å²) in [7, 11) is 0. The molecule has 0 spiro atoms. The number of ether oxygens (including phenoxy) is 2. The highest BCUT2D eigenvalue weighted by Crippen LogP contribution is 2.20. The molecule has 0 saturated carbocycles.